The minimum Gasteiger partial charge on any atom is -0.250 e. The van der Waals surface area contributed by atoms with Crippen LogP contribution >= 0.6 is 0 Å². The molecule has 0 fully saturated rings. The summed E-state index contributed by atoms with van der Waals surface area (Å²) in [6, 6.07) is 20.2. The van der Waals surface area contributed by atoms with Crippen LogP contribution in [0, 0.1) is 6.92 Å². The molecule has 2 nitrogen and oxygen atoms in total. The molecule has 94 valence electrons. The van der Waals surface area contributed by atoms with E-state index in [0.717, 1.165) is 28.1 Å². The summed E-state index contributed by atoms with van der Waals surface area (Å²) in [5.41, 5.74) is 5.25. The van der Waals surface area contributed by atoms with Crippen molar-refractivity contribution in [1.82, 2.24) is 9.97 Å². The van der Waals surface area contributed by atoms with Crippen molar-refractivity contribution >= 4 is 13.6 Å². The van der Waals surface area contributed by atoms with Gasteiger partial charge in [-0.15, -0.1) is 0 Å². The maximum Gasteiger partial charge on any atom is 0.170 e. The monoisotopic (exact) mass is 256 g/mol. The number of aromatic nitrogens is 2. The van der Waals surface area contributed by atoms with Crippen LogP contribution in [0.1, 0.15) is 5.69 Å². The van der Waals surface area contributed by atoms with Crippen molar-refractivity contribution < 1.29 is 0 Å². The van der Waals surface area contributed by atoms with Gasteiger partial charge in [0.1, 0.15) is 0 Å². The second-order valence-electron chi connectivity index (χ2n) is 4.62. The van der Waals surface area contributed by atoms with Gasteiger partial charge in [-0.25, -0.2) is 9.97 Å². The van der Waals surface area contributed by atoms with E-state index in [1.807, 2.05) is 55.5 Å². The topological polar surface area (TPSA) is 25.8 Å². The molecule has 0 N–H and O–H groups in total. The summed E-state index contributed by atoms with van der Waals surface area (Å²) in [7, 11) is 5.82. The molecule has 0 bridgehead atoms. The molecule has 0 atom stereocenters. The van der Waals surface area contributed by atoms with Crippen molar-refractivity contribution in [2.75, 3.05) is 0 Å². The Morgan fingerprint density at radius 2 is 1.30 bits per heavy atom. The van der Waals surface area contributed by atoms with Crippen LogP contribution in [0.2, 0.25) is 0 Å². The van der Waals surface area contributed by atoms with Gasteiger partial charge in [0.15, 0.2) is 7.85 Å². The fourth-order valence-corrected chi connectivity index (χ4v) is 2.35. The van der Waals surface area contributed by atoms with E-state index in [-0.39, 0.29) is 0 Å². The molecule has 0 unspecified atom stereocenters. The van der Waals surface area contributed by atoms with Crippen LogP contribution in [0.4, 0.5) is 0 Å². The van der Waals surface area contributed by atoms with Crippen molar-refractivity contribution in [2.45, 2.75) is 6.92 Å². The molecule has 0 spiro atoms. The van der Waals surface area contributed by atoms with Gasteiger partial charge in [-0.05, 0) is 12.5 Å². The van der Waals surface area contributed by atoms with Crippen LogP contribution in [-0.2, 0) is 0 Å². The Morgan fingerprint density at radius 3 is 1.90 bits per heavy atom. The fourth-order valence-electron chi connectivity index (χ4n) is 2.35. The second kappa shape index (κ2) is 5.29. The molecule has 3 rings (SSSR count). The lowest BCUT2D eigenvalue weighted by Gasteiger charge is -2.13. The Labute approximate surface area is 120 Å². The summed E-state index contributed by atoms with van der Waals surface area (Å²) < 4.78 is 0. The van der Waals surface area contributed by atoms with Gasteiger partial charge in [0.2, 0.25) is 0 Å². The van der Waals surface area contributed by atoms with Crippen molar-refractivity contribution in [3.63, 3.8) is 0 Å². The molecule has 0 saturated heterocycles. The van der Waals surface area contributed by atoms with Gasteiger partial charge >= 0.3 is 0 Å². The molecule has 0 saturated carbocycles. The molecule has 20 heavy (non-hydrogen) atoms. The number of nitrogens with zero attached hydrogens (tertiary/aromatic N) is 2. The van der Waals surface area contributed by atoms with Gasteiger partial charge in [0.05, 0.1) is 11.4 Å². The highest BCUT2D eigenvalue weighted by Crippen LogP contribution is 2.31. The molecule has 0 aliphatic heterocycles. The van der Waals surface area contributed by atoms with Crippen LogP contribution in [-0.4, -0.2) is 17.8 Å². The van der Waals surface area contributed by atoms with Crippen LogP contribution in [0.5, 0.6) is 0 Å². The van der Waals surface area contributed by atoms with E-state index in [1.165, 1.54) is 0 Å². The largest absolute Gasteiger partial charge is 0.250 e. The standard InChI is InChI=1S/C17H13BN2/c1-12-15(13-8-4-2-5-9-13)16(20-17(18)19-12)14-10-6-3-7-11-14/h2-11H,1H3. The predicted octanol–water partition coefficient (Wildman–Crippen LogP) is 2.91. The number of hydrogen-bond donors (Lipinski definition) is 0. The molecule has 2 radical (unpaired) electrons. The fraction of sp³-hybridized carbons (Fsp3) is 0.0588. The maximum atomic E-state index is 5.82. The zero-order valence-corrected chi connectivity index (χ0v) is 11.2. The average molecular weight is 256 g/mol. The smallest absolute Gasteiger partial charge is 0.170 e. The first-order chi connectivity index (χ1) is 9.75. The highest BCUT2D eigenvalue weighted by Gasteiger charge is 2.13. The summed E-state index contributed by atoms with van der Waals surface area (Å²) in [4.78, 5) is 8.75. The number of aryl methyl sites for hydroxylation is 1. The van der Waals surface area contributed by atoms with Gasteiger partial charge in [0, 0.05) is 16.8 Å². The third-order valence-electron chi connectivity index (χ3n) is 3.22. The minimum absolute atomic E-state index is 0.307. The molecular weight excluding hydrogens is 243 g/mol. The predicted molar refractivity (Wildman–Crippen MR) is 83.0 cm³/mol. The lowest BCUT2D eigenvalue weighted by Crippen LogP contribution is -2.16. The Hall–Kier alpha value is -2.42. The highest BCUT2D eigenvalue weighted by atomic mass is 14.9. The Balaban J connectivity index is 2.29. The van der Waals surface area contributed by atoms with E-state index >= 15 is 0 Å². The van der Waals surface area contributed by atoms with Crippen molar-refractivity contribution in [3.05, 3.63) is 66.4 Å². The molecule has 3 aromatic rings. The molecule has 0 aliphatic carbocycles. The van der Waals surface area contributed by atoms with E-state index < -0.39 is 0 Å². The van der Waals surface area contributed by atoms with Gasteiger partial charge in [0.25, 0.3) is 0 Å². The third-order valence-corrected chi connectivity index (χ3v) is 3.22. The number of hydrogen-bond acceptors (Lipinski definition) is 2. The zero-order valence-electron chi connectivity index (χ0n) is 11.2. The van der Waals surface area contributed by atoms with Crippen molar-refractivity contribution in [3.8, 4) is 22.4 Å². The maximum absolute atomic E-state index is 5.82. The van der Waals surface area contributed by atoms with Crippen LogP contribution in [0.15, 0.2) is 60.7 Å². The summed E-state index contributed by atoms with van der Waals surface area (Å²) in [6.07, 6.45) is 0. The lowest BCUT2D eigenvalue weighted by atomic mass is 9.96. The van der Waals surface area contributed by atoms with E-state index in [2.05, 4.69) is 22.1 Å². The Kier molecular flexibility index (Phi) is 3.34. The number of benzene rings is 2. The molecule has 0 amide bonds. The quantitative estimate of drug-likeness (QED) is 0.659. The minimum atomic E-state index is 0.307. The SMILES string of the molecule is [B]c1nc(C)c(-c2ccccc2)c(-c2ccccc2)n1. The summed E-state index contributed by atoms with van der Waals surface area (Å²) in [6.45, 7) is 1.97. The average Bonchev–Trinajstić information content (AvgIpc) is 2.48. The third kappa shape index (κ3) is 2.35. The van der Waals surface area contributed by atoms with E-state index in [4.69, 9.17) is 7.85 Å². The molecule has 3 heteroatoms. The van der Waals surface area contributed by atoms with Gasteiger partial charge < -0.3 is 0 Å². The summed E-state index contributed by atoms with van der Waals surface area (Å²) in [5, 5.41) is 0. The van der Waals surface area contributed by atoms with Crippen molar-refractivity contribution in [2.24, 2.45) is 0 Å². The Morgan fingerprint density at radius 1 is 0.750 bits per heavy atom. The molecule has 1 aromatic heterocycles. The first-order valence-electron chi connectivity index (χ1n) is 6.50. The van der Waals surface area contributed by atoms with E-state index in [0.29, 0.717) is 5.72 Å². The first-order valence-corrected chi connectivity index (χ1v) is 6.50. The number of rotatable bonds is 2. The lowest BCUT2D eigenvalue weighted by molar-refractivity contribution is 1.16. The van der Waals surface area contributed by atoms with Gasteiger partial charge in [-0.3, -0.25) is 0 Å². The van der Waals surface area contributed by atoms with E-state index in [1.54, 1.807) is 0 Å². The van der Waals surface area contributed by atoms with Crippen molar-refractivity contribution in [1.29, 1.82) is 0 Å². The molecule has 2 aromatic carbocycles. The Bertz CT molecular complexity index is 725. The van der Waals surface area contributed by atoms with Gasteiger partial charge in [-0.2, -0.15) is 0 Å². The molecule has 0 aliphatic rings. The van der Waals surface area contributed by atoms with Crippen LogP contribution in [0.25, 0.3) is 22.4 Å². The molecular formula is C17H13BN2. The normalized spacial score (nSPS) is 10.4. The summed E-state index contributed by atoms with van der Waals surface area (Å²) >= 11 is 0. The van der Waals surface area contributed by atoms with E-state index in [9.17, 15) is 0 Å². The zero-order chi connectivity index (χ0) is 13.9. The molecule has 1 heterocycles. The summed E-state index contributed by atoms with van der Waals surface area (Å²) in [5.74, 6) is 0. The van der Waals surface area contributed by atoms with Crippen LogP contribution in [0.3, 0.4) is 0 Å². The van der Waals surface area contributed by atoms with Crippen LogP contribution < -0.4 is 5.72 Å². The first kappa shape index (κ1) is 12.6. The van der Waals surface area contributed by atoms with Gasteiger partial charge in [-0.1, -0.05) is 60.7 Å². The highest BCUT2D eigenvalue weighted by molar-refractivity contribution is 6.29. The second-order valence-corrected chi connectivity index (χ2v) is 4.62.